The molecule has 0 heterocycles. The zero-order valence-electron chi connectivity index (χ0n) is 16.6. The number of hydrogen-bond donors (Lipinski definition) is 0. The summed E-state index contributed by atoms with van der Waals surface area (Å²) in [5.41, 5.74) is 5.91. The highest BCUT2D eigenvalue weighted by atomic mass is 16.5. The van der Waals surface area contributed by atoms with Gasteiger partial charge in [0.15, 0.2) is 0 Å². The van der Waals surface area contributed by atoms with Gasteiger partial charge in [-0.2, -0.15) is 0 Å². The minimum Gasteiger partial charge on any atom is -0.377 e. The van der Waals surface area contributed by atoms with Crippen LogP contribution in [0.15, 0.2) is 58.7 Å². The molecule has 1 aliphatic rings. The predicted molar refractivity (Wildman–Crippen MR) is 107 cm³/mol. The van der Waals surface area contributed by atoms with Gasteiger partial charge < -0.3 is 4.74 Å². The second-order valence-corrected chi connectivity index (χ2v) is 7.56. The first kappa shape index (κ1) is 20.7. The molecular weight excluding hydrogens is 292 g/mol. The monoisotopic (exact) mass is 328 g/mol. The van der Waals surface area contributed by atoms with Crippen LogP contribution in [0.4, 0.5) is 0 Å². The summed E-state index contributed by atoms with van der Waals surface area (Å²) in [5, 5.41) is 0. The summed E-state index contributed by atoms with van der Waals surface area (Å²) in [7, 11) is 0. The van der Waals surface area contributed by atoms with Crippen molar-refractivity contribution in [3.63, 3.8) is 0 Å². The molecular formula is C23H36O. The Morgan fingerprint density at radius 1 is 1.17 bits per heavy atom. The second-order valence-electron chi connectivity index (χ2n) is 7.56. The number of hydrogen-bond acceptors (Lipinski definition) is 1. The Morgan fingerprint density at radius 3 is 2.58 bits per heavy atom. The lowest BCUT2D eigenvalue weighted by Gasteiger charge is -2.32. The number of rotatable bonds is 8. The Morgan fingerprint density at radius 2 is 1.92 bits per heavy atom. The molecule has 0 fully saturated rings. The van der Waals surface area contributed by atoms with Crippen LogP contribution >= 0.6 is 0 Å². The Balaban J connectivity index is 2.62. The van der Waals surface area contributed by atoms with Crippen LogP contribution in [0.3, 0.4) is 0 Å². The average molecular weight is 329 g/mol. The van der Waals surface area contributed by atoms with Gasteiger partial charge >= 0.3 is 0 Å². The maximum absolute atomic E-state index is 5.47. The first-order valence-electron chi connectivity index (χ1n) is 9.34. The lowest BCUT2D eigenvalue weighted by Crippen LogP contribution is -2.19. The van der Waals surface area contributed by atoms with Gasteiger partial charge in [0, 0.05) is 6.61 Å². The van der Waals surface area contributed by atoms with Crippen molar-refractivity contribution in [2.24, 2.45) is 5.41 Å². The molecule has 0 aliphatic heterocycles. The van der Waals surface area contributed by atoms with Gasteiger partial charge in [-0.3, -0.25) is 0 Å². The van der Waals surface area contributed by atoms with Gasteiger partial charge in [0.2, 0.25) is 0 Å². The van der Waals surface area contributed by atoms with E-state index in [0.717, 1.165) is 13.0 Å². The highest BCUT2D eigenvalue weighted by molar-refractivity contribution is 5.37. The van der Waals surface area contributed by atoms with Crippen LogP contribution < -0.4 is 0 Å². The molecule has 1 aliphatic carbocycles. The fraction of sp³-hybridized carbons (Fsp3) is 0.565. The Labute approximate surface area is 149 Å². The van der Waals surface area contributed by atoms with Crippen LogP contribution in [-0.4, -0.2) is 13.2 Å². The van der Waals surface area contributed by atoms with Crippen LogP contribution in [0.1, 0.15) is 67.2 Å². The minimum atomic E-state index is 0.312. The number of allylic oxidation sites excluding steroid dienone is 9. The van der Waals surface area contributed by atoms with E-state index in [1.165, 1.54) is 36.0 Å². The molecule has 0 saturated heterocycles. The lowest BCUT2D eigenvalue weighted by atomic mass is 9.72. The zero-order valence-corrected chi connectivity index (χ0v) is 16.6. The molecule has 0 unspecified atom stereocenters. The topological polar surface area (TPSA) is 9.23 Å². The SMILES string of the molecule is CCCOC/C=C(C)/C=C/C=C(C)/C=C/C1=C(C)CCCC1(C)C. The molecule has 0 aromatic carbocycles. The molecule has 0 N–H and O–H groups in total. The van der Waals surface area contributed by atoms with Gasteiger partial charge in [-0.1, -0.05) is 73.9 Å². The molecule has 0 amide bonds. The summed E-state index contributed by atoms with van der Waals surface area (Å²) in [6.45, 7) is 15.0. The summed E-state index contributed by atoms with van der Waals surface area (Å²) in [6.07, 6.45) is 18.1. The van der Waals surface area contributed by atoms with E-state index in [9.17, 15) is 0 Å². The van der Waals surface area contributed by atoms with E-state index in [1.807, 2.05) is 0 Å². The van der Waals surface area contributed by atoms with Crippen molar-refractivity contribution in [2.75, 3.05) is 13.2 Å². The highest BCUT2D eigenvalue weighted by Gasteiger charge is 2.26. The van der Waals surface area contributed by atoms with E-state index in [1.54, 1.807) is 5.57 Å². The van der Waals surface area contributed by atoms with Crippen molar-refractivity contribution < 1.29 is 4.74 Å². The first-order chi connectivity index (χ1) is 11.4. The molecule has 24 heavy (non-hydrogen) atoms. The molecule has 1 rings (SSSR count). The lowest BCUT2D eigenvalue weighted by molar-refractivity contribution is 0.163. The molecule has 0 bridgehead atoms. The van der Waals surface area contributed by atoms with E-state index >= 15 is 0 Å². The molecule has 1 nitrogen and oxygen atoms in total. The van der Waals surface area contributed by atoms with Crippen molar-refractivity contribution in [1.29, 1.82) is 0 Å². The Bertz CT molecular complexity index is 538. The standard InChI is InChI=1S/C23H36O/c1-7-17-24-18-15-20(3)11-8-10-19(2)13-14-22-21(4)12-9-16-23(22,5)6/h8,10-11,13-15H,7,9,12,16-18H2,1-6H3/b11-8+,14-13+,19-10+,20-15+. The van der Waals surface area contributed by atoms with Crippen molar-refractivity contribution in [3.8, 4) is 0 Å². The predicted octanol–water partition coefficient (Wildman–Crippen LogP) is 6.94. The summed E-state index contributed by atoms with van der Waals surface area (Å²) < 4.78 is 5.47. The quantitative estimate of drug-likeness (QED) is 0.346. The van der Waals surface area contributed by atoms with Gasteiger partial charge in [-0.25, -0.2) is 0 Å². The molecule has 1 heteroatoms. The fourth-order valence-corrected chi connectivity index (χ4v) is 3.12. The third-order valence-electron chi connectivity index (χ3n) is 4.65. The smallest absolute Gasteiger partial charge is 0.0653 e. The molecule has 0 saturated carbocycles. The van der Waals surface area contributed by atoms with Crippen LogP contribution in [0.5, 0.6) is 0 Å². The second kappa shape index (κ2) is 10.5. The highest BCUT2D eigenvalue weighted by Crippen LogP contribution is 2.40. The van der Waals surface area contributed by atoms with Crippen LogP contribution in [0.25, 0.3) is 0 Å². The summed E-state index contributed by atoms with van der Waals surface area (Å²) in [6, 6.07) is 0. The molecule has 0 atom stereocenters. The Hall–Kier alpha value is -1.34. The van der Waals surface area contributed by atoms with Gasteiger partial charge in [0.1, 0.15) is 0 Å². The maximum atomic E-state index is 5.47. The minimum absolute atomic E-state index is 0.312. The molecule has 134 valence electrons. The van der Waals surface area contributed by atoms with Crippen molar-refractivity contribution in [1.82, 2.24) is 0 Å². The van der Waals surface area contributed by atoms with Crippen LogP contribution in [-0.2, 0) is 4.74 Å². The zero-order chi connectivity index (χ0) is 18.0. The van der Waals surface area contributed by atoms with Crippen LogP contribution in [0, 0.1) is 5.41 Å². The van der Waals surface area contributed by atoms with E-state index < -0.39 is 0 Å². The van der Waals surface area contributed by atoms with E-state index in [-0.39, 0.29) is 0 Å². The normalized spacial score (nSPS) is 19.8. The summed E-state index contributed by atoms with van der Waals surface area (Å²) in [5.74, 6) is 0. The molecule has 0 spiro atoms. The summed E-state index contributed by atoms with van der Waals surface area (Å²) in [4.78, 5) is 0. The van der Waals surface area contributed by atoms with Gasteiger partial charge in [0.05, 0.1) is 6.61 Å². The van der Waals surface area contributed by atoms with E-state index in [0.29, 0.717) is 12.0 Å². The molecule has 0 aromatic heterocycles. The first-order valence-corrected chi connectivity index (χ1v) is 9.34. The van der Waals surface area contributed by atoms with Crippen molar-refractivity contribution in [2.45, 2.75) is 67.2 Å². The Kier molecular flexibility index (Phi) is 9.07. The van der Waals surface area contributed by atoms with Crippen molar-refractivity contribution in [3.05, 3.63) is 58.7 Å². The maximum Gasteiger partial charge on any atom is 0.0653 e. The fourth-order valence-electron chi connectivity index (χ4n) is 3.12. The summed E-state index contributed by atoms with van der Waals surface area (Å²) >= 11 is 0. The molecule has 0 radical (unpaired) electrons. The van der Waals surface area contributed by atoms with Gasteiger partial charge in [-0.05, 0) is 57.4 Å². The molecule has 0 aromatic rings. The third-order valence-corrected chi connectivity index (χ3v) is 4.65. The largest absolute Gasteiger partial charge is 0.377 e. The third kappa shape index (κ3) is 7.49. The van der Waals surface area contributed by atoms with Crippen LogP contribution in [0.2, 0.25) is 0 Å². The average Bonchev–Trinajstić information content (AvgIpc) is 2.50. The van der Waals surface area contributed by atoms with E-state index in [2.05, 4.69) is 78.0 Å². The number of ether oxygens (including phenoxy) is 1. The van der Waals surface area contributed by atoms with E-state index in [4.69, 9.17) is 4.74 Å². The van der Waals surface area contributed by atoms with Gasteiger partial charge in [-0.15, -0.1) is 0 Å². The van der Waals surface area contributed by atoms with Crippen molar-refractivity contribution >= 4 is 0 Å². The van der Waals surface area contributed by atoms with Gasteiger partial charge in [0.25, 0.3) is 0 Å².